The Kier molecular flexibility index (Phi) is 4.08. The standard InChI is InChI=1S/C14H16ClN3OS/c15-12-7-6-11(20-12)14(19)17-13-8-9-16-18(13)10-4-2-1-3-5-10/h6-10H,1-5H2,(H,17,19). The summed E-state index contributed by atoms with van der Waals surface area (Å²) in [6.07, 6.45) is 7.78. The van der Waals surface area contributed by atoms with E-state index in [4.69, 9.17) is 11.6 Å². The Morgan fingerprint density at radius 3 is 2.80 bits per heavy atom. The average molecular weight is 310 g/mol. The van der Waals surface area contributed by atoms with E-state index in [1.54, 1.807) is 18.3 Å². The molecule has 20 heavy (non-hydrogen) atoms. The fraction of sp³-hybridized carbons (Fsp3) is 0.429. The number of nitrogens with zero attached hydrogens (tertiary/aromatic N) is 2. The van der Waals surface area contributed by atoms with Crippen molar-refractivity contribution in [3.05, 3.63) is 33.6 Å². The van der Waals surface area contributed by atoms with E-state index in [1.165, 1.54) is 30.6 Å². The molecule has 0 aliphatic heterocycles. The molecule has 2 heterocycles. The van der Waals surface area contributed by atoms with Crippen LogP contribution in [-0.4, -0.2) is 15.7 Å². The Balaban J connectivity index is 1.74. The van der Waals surface area contributed by atoms with Crippen molar-refractivity contribution in [2.45, 2.75) is 38.1 Å². The summed E-state index contributed by atoms with van der Waals surface area (Å²) < 4.78 is 2.57. The largest absolute Gasteiger partial charge is 0.306 e. The number of hydrogen-bond acceptors (Lipinski definition) is 3. The van der Waals surface area contributed by atoms with E-state index in [0.717, 1.165) is 18.7 Å². The van der Waals surface area contributed by atoms with E-state index in [2.05, 4.69) is 10.4 Å². The molecule has 4 nitrogen and oxygen atoms in total. The summed E-state index contributed by atoms with van der Waals surface area (Å²) in [6.45, 7) is 0. The zero-order valence-corrected chi connectivity index (χ0v) is 12.6. The molecular weight excluding hydrogens is 294 g/mol. The van der Waals surface area contributed by atoms with Crippen molar-refractivity contribution in [2.75, 3.05) is 5.32 Å². The minimum absolute atomic E-state index is 0.126. The normalized spacial score (nSPS) is 16.2. The van der Waals surface area contributed by atoms with Gasteiger partial charge in [0, 0.05) is 6.07 Å². The highest BCUT2D eigenvalue weighted by Crippen LogP contribution is 2.30. The molecule has 0 radical (unpaired) electrons. The van der Waals surface area contributed by atoms with Crippen LogP contribution in [0.2, 0.25) is 4.34 Å². The number of hydrogen-bond donors (Lipinski definition) is 1. The maximum atomic E-state index is 12.2. The van der Waals surface area contributed by atoms with Crippen molar-refractivity contribution < 1.29 is 4.79 Å². The summed E-state index contributed by atoms with van der Waals surface area (Å²) in [5.41, 5.74) is 0. The van der Waals surface area contributed by atoms with Crippen LogP contribution < -0.4 is 5.32 Å². The van der Waals surface area contributed by atoms with Gasteiger partial charge in [0.15, 0.2) is 0 Å². The van der Waals surface area contributed by atoms with E-state index in [0.29, 0.717) is 15.3 Å². The molecule has 1 saturated carbocycles. The van der Waals surface area contributed by atoms with Gasteiger partial charge in [0.1, 0.15) is 5.82 Å². The van der Waals surface area contributed by atoms with Gasteiger partial charge in [-0.3, -0.25) is 4.79 Å². The van der Waals surface area contributed by atoms with E-state index in [9.17, 15) is 4.79 Å². The molecule has 2 aromatic rings. The van der Waals surface area contributed by atoms with E-state index in [-0.39, 0.29) is 5.91 Å². The molecule has 3 rings (SSSR count). The third-order valence-corrected chi connectivity index (χ3v) is 4.86. The van der Waals surface area contributed by atoms with Gasteiger partial charge in [-0.05, 0) is 25.0 Å². The molecule has 0 aromatic carbocycles. The third-order valence-electron chi connectivity index (χ3n) is 3.63. The number of nitrogens with one attached hydrogen (secondary N) is 1. The van der Waals surface area contributed by atoms with Crippen LogP contribution in [0.5, 0.6) is 0 Å². The lowest BCUT2D eigenvalue weighted by atomic mass is 9.96. The Bertz CT molecular complexity index is 601. The molecule has 6 heteroatoms. The van der Waals surface area contributed by atoms with Gasteiger partial charge in [0.05, 0.1) is 21.5 Å². The van der Waals surface area contributed by atoms with Crippen LogP contribution in [0, 0.1) is 0 Å². The molecule has 2 aromatic heterocycles. The number of amides is 1. The molecule has 1 N–H and O–H groups in total. The molecular formula is C14H16ClN3OS. The fourth-order valence-electron chi connectivity index (χ4n) is 2.64. The number of rotatable bonds is 3. The minimum atomic E-state index is -0.126. The van der Waals surface area contributed by atoms with Gasteiger partial charge in [-0.1, -0.05) is 30.9 Å². The highest BCUT2D eigenvalue weighted by Gasteiger charge is 2.19. The molecule has 0 atom stereocenters. The van der Waals surface area contributed by atoms with Crippen LogP contribution in [-0.2, 0) is 0 Å². The first-order valence-corrected chi connectivity index (χ1v) is 8.04. The average Bonchev–Trinajstić information content (AvgIpc) is 3.09. The van der Waals surface area contributed by atoms with Gasteiger partial charge in [-0.2, -0.15) is 5.10 Å². The first-order valence-electron chi connectivity index (χ1n) is 6.84. The van der Waals surface area contributed by atoms with Crippen molar-refractivity contribution in [1.29, 1.82) is 0 Å². The van der Waals surface area contributed by atoms with Crippen LogP contribution in [0.3, 0.4) is 0 Å². The number of anilines is 1. The lowest BCUT2D eigenvalue weighted by molar-refractivity contribution is 0.102. The van der Waals surface area contributed by atoms with Crippen molar-refractivity contribution in [3.63, 3.8) is 0 Å². The van der Waals surface area contributed by atoms with Crippen molar-refractivity contribution in [3.8, 4) is 0 Å². The van der Waals surface area contributed by atoms with Crippen LogP contribution in [0.25, 0.3) is 0 Å². The Labute approximate surface area is 126 Å². The van der Waals surface area contributed by atoms with Crippen LogP contribution in [0.1, 0.15) is 47.8 Å². The van der Waals surface area contributed by atoms with Gasteiger partial charge < -0.3 is 5.32 Å². The van der Waals surface area contributed by atoms with Crippen molar-refractivity contribution in [2.24, 2.45) is 0 Å². The first-order chi connectivity index (χ1) is 9.74. The summed E-state index contributed by atoms with van der Waals surface area (Å²) in [5, 5.41) is 7.30. The topological polar surface area (TPSA) is 46.9 Å². The van der Waals surface area contributed by atoms with Gasteiger partial charge in [0.25, 0.3) is 5.91 Å². The molecule has 1 aliphatic carbocycles. The molecule has 1 amide bonds. The van der Waals surface area contributed by atoms with Gasteiger partial charge in [0.2, 0.25) is 0 Å². The lowest BCUT2D eigenvalue weighted by Gasteiger charge is -2.23. The first kappa shape index (κ1) is 13.6. The molecule has 1 fully saturated rings. The predicted octanol–water partition coefficient (Wildman–Crippen LogP) is 4.36. The Hall–Kier alpha value is -1.33. The smallest absolute Gasteiger partial charge is 0.266 e. The summed E-state index contributed by atoms with van der Waals surface area (Å²) in [6, 6.07) is 5.73. The number of halogens is 1. The summed E-state index contributed by atoms with van der Waals surface area (Å²) in [7, 11) is 0. The van der Waals surface area contributed by atoms with E-state index < -0.39 is 0 Å². The summed E-state index contributed by atoms with van der Waals surface area (Å²) in [5.74, 6) is 0.644. The summed E-state index contributed by atoms with van der Waals surface area (Å²) >= 11 is 7.14. The second-order valence-corrected chi connectivity index (χ2v) is 6.73. The van der Waals surface area contributed by atoms with Gasteiger partial charge >= 0.3 is 0 Å². The second kappa shape index (κ2) is 5.97. The van der Waals surface area contributed by atoms with Gasteiger partial charge in [-0.15, -0.1) is 11.3 Å². The molecule has 106 valence electrons. The highest BCUT2D eigenvalue weighted by atomic mass is 35.5. The molecule has 1 aliphatic rings. The third kappa shape index (κ3) is 2.88. The molecule has 0 bridgehead atoms. The fourth-order valence-corrected chi connectivity index (χ4v) is 3.58. The maximum Gasteiger partial charge on any atom is 0.266 e. The molecule has 0 unspecified atom stereocenters. The molecule has 0 saturated heterocycles. The summed E-state index contributed by atoms with van der Waals surface area (Å²) in [4.78, 5) is 12.8. The maximum absolute atomic E-state index is 12.2. The molecule has 0 spiro atoms. The zero-order chi connectivity index (χ0) is 13.9. The zero-order valence-electron chi connectivity index (χ0n) is 11.0. The monoisotopic (exact) mass is 309 g/mol. The van der Waals surface area contributed by atoms with Gasteiger partial charge in [-0.25, -0.2) is 4.68 Å². The van der Waals surface area contributed by atoms with E-state index in [1.807, 2.05) is 10.7 Å². The van der Waals surface area contributed by atoms with Crippen molar-refractivity contribution in [1.82, 2.24) is 9.78 Å². The minimum Gasteiger partial charge on any atom is -0.306 e. The number of carbonyl (C=O) groups excluding carboxylic acids is 1. The van der Waals surface area contributed by atoms with Crippen LogP contribution in [0.15, 0.2) is 24.4 Å². The SMILES string of the molecule is O=C(Nc1ccnn1C1CCCCC1)c1ccc(Cl)s1. The van der Waals surface area contributed by atoms with Crippen molar-refractivity contribution >= 4 is 34.7 Å². The highest BCUT2D eigenvalue weighted by molar-refractivity contribution is 7.18. The Morgan fingerprint density at radius 2 is 2.10 bits per heavy atom. The lowest BCUT2D eigenvalue weighted by Crippen LogP contribution is -2.19. The van der Waals surface area contributed by atoms with E-state index >= 15 is 0 Å². The number of carbonyl (C=O) groups is 1. The Morgan fingerprint density at radius 1 is 1.30 bits per heavy atom. The number of aromatic nitrogens is 2. The predicted molar refractivity (Wildman–Crippen MR) is 81.6 cm³/mol. The quantitative estimate of drug-likeness (QED) is 0.916. The second-order valence-electron chi connectivity index (χ2n) is 5.01. The van der Waals surface area contributed by atoms with Crippen LogP contribution >= 0.6 is 22.9 Å². The number of thiophene rings is 1. The van der Waals surface area contributed by atoms with Crippen LogP contribution in [0.4, 0.5) is 5.82 Å².